The van der Waals surface area contributed by atoms with Crippen molar-refractivity contribution < 1.29 is 4.79 Å². The molecule has 2 heterocycles. The minimum atomic E-state index is -0.244. The Morgan fingerprint density at radius 2 is 2.18 bits per heavy atom. The molecule has 7 heteroatoms. The van der Waals surface area contributed by atoms with Gasteiger partial charge in [-0.15, -0.1) is 0 Å². The van der Waals surface area contributed by atoms with E-state index in [0.29, 0.717) is 17.9 Å². The smallest absolute Gasteiger partial charge is 0.260 e. The van der Waals surface area contributed by atoms with Crippen molar-refractivity contribution in [3.63, 3.8) is 0 Å². The van der Waals surface area contributed by atoms with Crippen LogP contribution in [0.3, 0.4) is 0 Å². The molecule has 0 aliphatic carbocycles. The maximum Gasteiger partial charge on any atom is 0.260 e. The minimum absolute atomic E-state index is 0.244. The molecule has 0 bridgehead atoms. The van der Waals surface area contributed by atoms with Gasteiger partial charge in [-0.1, -0.05) is 0 Å². The molecule has 7 nitrogen and oxygen atoms in total. The predicted octanol–water partition coefficient (Wildman–Crippen LogP) is -0.135. The third-order valence-corrected chi connectivity index (χ3v) is 2.32. The number of hydrogen-bond acceptors (Lipinski definition) is 4. The zero-order chi connectivity index (χ0) is 12.4. The highest BCUT2D eigenvalue weighted by Gasteiger charge is 2.12. The van der Waals surface area contributed by atoms with Crippen LogP contribution in [0.2, 0.25) is 0 Å². The lowest BCUT2D eigenvalue weighted by Crippen LogP contribution is -2.13. The van der Waals surface area contributed by atoms with Crippen molar-refractivity contribution >= 4 is 11.7 Å². The van der Waals surface area contributed by atoms with Crippen LogP contribution in [0.15, 0.2) is 18.6 Å². The Morgan fingerprint density at radius 1 is 1.41 bits per heavy atom. The number of anilines is 1. The molecule has 3 N–H and O–H groups in total. The first-order chi connectivity index (χ1) is 8.10. The molecule has 0 saturated carbocycles. The highest BCUT2D eigenvalue weighted by molar-refractivity contribution is 6.03. The van der Waals surface area contributed by atoms with Crippen LogP contribution in [-0.4, -0.2) is 25.5 Å². The van der Waals surface area contributed by atoms with Crippen LogP contribution in [0.1, 0.15) is 15.9 Å². The summed E-state index contributed by atoms with van der Waals surface area (Å²) in [6.45, 7) is 0.330. The second-order valence-corrected chi connectivity index (χ2v) is 3.74. The lowest BCUT2D eigenvalue weighted by molar-refractivity contribution is 0.102. The molecular formula is C10H14N6O. The van der Waals surface area contributed by atoms with Crippen LogP contribution in [0.5, 0.6) is 0 Å². The molecule has 90 valence electrons. The zero-order valence-corrected chi connectivity index (χ0v) is 9.71. The molecule has 0 radical (unpaired) electrons. The molecule has 1 amide bonds. The fraction of sp³-hybridized carbons (Fsp3) is 0.300. The first-order valence-corrected chi connectivity index (χ1v) is 5.12. The van der Waals surface area contributed by atoms with E-state index in [0.717, 1.165) is 5.56 Å². The first kappa shape index (κ1) is 11.3. The number of aromatic nitrogens is 4. The van der Waals surface area contributed by atoms with E-state index in [-0.39, 0.29) is 5.91 Å². The van der Waals surface area contributed by atoms with Crippen LogP contribution in [0.25, 0.3) is 0 Å². The highest BCUT2D eigenvalue weighted by Crippen LogP contribution is 2.12. The van der Waals surface area contributed by atoms with Crippen LogP contribution >= 0.6 is 0 Å². The van der Waals surface area contributed by atoms with Gasteiger partial charge in [0.05, 0.1) is 11.8 Å². The van der Waals surface area contributed by atoms with Gasteiger partial charge < -0.3 is 11.1 Å². The zero-order valence-electron chi connectivity index (χ0n) is 9.71. The molecular weight excluding hydrogens is 220 g/mol. The number of nitrogens with zero attached hydrogens (tertiary/aromatic N) is 4. The highest BCUT2D eigenvalue weighted by atomic mass is 16.1. The van der Waals surface area contributed by atoms with Gasteiger partial charge in [0, 0.05) is 38.6 Å². The molecule has 0 spiro atoms. The maximum atomic E-state index is 11.9. The second kappa shape index (κ2) is 4.38. The Kier molecular flexibility index (Phi) is 2.92. The van der Waals surface area contributed by atoms with Gasteiger partial charge in [0.1, 0.15) is 0 Å². The standard InChI is InChI=1S/C10H14N6O/c1-15-6-8(4-12-15)10(17)13-9-7(3-11)5-16(2)14-9/h4-6H,3,11H2,1-2H3,(H,13,14,17). The number of carbonyl (C=O) groups excluding carboxylic acids is 1. The Hall–Kier alpha value is -2.15. The summed E-state index contributed by atoms with van der Waals surface area (Å²) in [6, 6.07) is 0. The van der Waals surface area contributed by atoms with E-state index in [1.54, 1.807) is 35.9 Å². The van der Waals surface area contributed by atoms with Crippen LogP contribution in [0.4, 0.5) is 5.82 Å². The summed E-state index contributed by atoms with van der Waals surface area (Å²) in [4.78, 5) is 11.9. The molecule has 17 heavy (non-hydrogen) atoms. The number of aryl methyl sites for hydroxylation is 2. The van der Waals surface area contributed by atoms with Gasteiger partial charge >= 0.3 is 0 Å². The normalized spacial score (nSPS) is 10.5. The molecule has 0 unspecified atom stereocenters. The van der Waals surface area contributed by atoms with Crippen molar-refractivity contribution in [2.75, 3.05) is 5.32 Å². The Labute approximate surface area is 98.2 Å². The Morgan fingerprint density at radius 3 is 2.76 bits per heavy atom. The van der Waals surface area contributed by atoms with Gasteiger partial charge in [-0.25, -0.2) is 0 Å². The van der Waals surface area contributed by atoms with E-state index in [4.69, 9.17) is 5.73 Å². The number of hydrogen-bond donors (Lipinski definition) is 2. The molecule has 2 rings (SSSR count). The third-order valence-electron chi connectivity index (χ3n) is 2.32. The van der Waals surface area contributed by atoms with Gasteiger partial charge in [0.15, 0.2) is 5.82 Å². The molecule has 2 aromatic rings. The van der Waals surface area contributed by atoms with Gasteiger partial charge in [-0.05, 0) is 0 Å². The van der Waals surface area contributed by atoms with Crippen molar-refractivity contribution in [1.29, 1.82) is 0 Å². The summed E-state index contributed by atoms with van der Waals surface area (Å²) < 4.78 is 3.18. The van der Waals surface area contributed by atoms with Crippen molar-refractivity contribution in [2.24, 2.45) is 19.8 Å². The van der Waals surface area contributed by atoms with E-state index in [9.17, 15) is 4.79 Å². The predicted molar refractivity (Wildman–Crippen MR) is 62.3 cm³/mol. The van der Waals surface area contributed by atoms with Crippen molar-refractivity contribution in [1.82, 2.24) is 19.6 Å². The number of nitrogens with one attached hydrogen (secondary N) is 1. The van der Waals surface area contributed by atoms with E-state index >= 15 is 0 Å². The largest absolute Gasteiger partial charge is 0.326 e. The fourth-order valence-corrected chi connectivity index (χ4v) is 1.51. The van der Waals surface area contributed by atoms with Gasteiger partial charge in [0.25, 0.3) is 5.91 Å². The third kappa shape index (κ3) is 2.34. The van der Waals surface area contributed by atoms with E-state index in [1.807, 2.05) is 0 Å². The molecule has 2 aromatic heterocycles. The van der Waals surface area contributed by atoms with Crippen molar-refractivity contribution in [3.8, 4) is 0 Å². The van der Waals surface area contributed by atoms with E-state index < -0.39 is 0 Å². The lowest BCUT2D eigenvalue weighted by atomic mass is 10.3. The monoisotopic (exact) mass is 234 g/mol. The number of nitrogens with two attached hydrogens (primary N) is 1. The summed E-state index contributed by atoms with van der Waals surface area (Å²) in [6.07, 6.45) is 4.92. The van der Waals surface area contributed by atoms with Crippen LogP contribution < -0.4 is 11.1 Å². The van der Waals surface area contributed by atoms with Crippen molar-refractivity contribution in [2.45, 2.75) is 6.54 Å². The minimum Gasteiger partial charge on any atom is -0.326 e. The molecule has 0 saturated heterocycles. The quantitative estimate of drug-likeness (QED) is 0.773. The average Bonchev–Trinajstić information content (AvgIpc) is 2.85. The molecule has 0 aromatic carbocycles. The van der Waals surface area contributed by atoms with Crippen LogP contribution in [0, 0.1) is 0 Å². The molecule has 0 fully saturated rings. The average molecular weight is 234 g/mol. The van der Waals surface area contributed by atoms with Crippen LogP contribution in [-0.2, 0) is 20.6 Å². The Bertz CT molecular complexity index is 541. The van der Waals surface area contributed by atoms with Gasteiger partial charge in [-0.2, -0.15) is 10.2 Å². The summed E-state index contributed by atoms with van der Waals surface area (Å²) in [5.41, 5.74) is 6.84. The number of amides is 1. The van der Waals surface area contributed by atoms with Gasteiger partial charge in [-0.3, -0.25) is 14.2 Å². The summed E-state index contributed by atoms with van der Waals surface area (Å²) in [5.74, 6) is 0.246. The summed E-state index contributed by atoms with van der Waals surface area (Å²) >= 11 is 0. The summed E-state index contributed by atoms with van der Waals surface area (Å²) in [7, 11) is 3.53. The first-order valence-electron chi connectivity index (χ1n) is 5.12. The van der Waals surface area contributed by atoms with Gasteiger partial charge in [0.2, 0.25) is 0 Å². The van der Waals surface area contributed by atoms with E-state index in [1.165, 1.54) is 6.20 Å². The maximum absolute atomic E-state index is 11.9. The van der Waals surface area contributed by atoms with Crippen molar-refractivity contribution in [3.05, 3.63) is 29.7 Å². The topological polar surface area (TPSA) is 90.8 Å². The number of carbonyl (C=O) groups is 1. The molecule has 0 atom stereocenters. The SMILES string of the molecule is Cn1cc(C(=O)Nc2nn(C)cc2CN)cn1. The molecule has 0 aliphatic rings. The lowest BCUT2D eigenvalue weighted by Gasteiger charge is -2.01. The van der Waals surface area contributed by atoms with E-state index in [2.05, 4.69) is 15.5 Å². The summed E-state index contributed by atoms with van der Waals surface area (Å²) in [5, 5.41) is 10.8. The fourth-order valence-electron chi connectivity index (χ4n) is 1.51. The Balaban J connectivity index is 2.18. The second-order valence-electron chi connectivity index (χ2n) is 3.74. The number of rotatable bonds is 3. The molecule has 0 aliphatic heterocycles.